The zero-order valence-electron chi connectivity index (χ0n) is 35.1. The second-order valence-corrected chi connectivity index (χ2v) is 19.2. The molecule has 0 spiro atoms. The van der Waals surface area contributed by atoms with Crippen LogP contribution in [0, 0.1) is 0 Å². The lowest BCUT2D eigenvalue weighted by atomic mass is 9.79. The Morgan fingerprint density at radius 1 is 0.642 bits per heavy atom. The highest BCUT2D eigenvalue weighted by molar-refractivity contribution is 5.86. The van der Waals surface area contributed by atoms with Crippen LogP contribution in [-0.4, -0.2) is 77.1 Å². The molecule has 2 aromatic carbocycles. The highest BCUT2D eigenvalue weighted by atomic mass is 16.6. The minimum absolute atomic E-state index is 0.132. The number of amides is 1. The van der Waals surface area contributed by atoms with Crippen molar-refractivity contribution in [3.05, 3.63) is 57.6 Å². The molecule has 53 heavy (non-hydrogen) atoms. The number of hydrogen-bond acceptors (Lipinski definition) is 7. The molecule has 2 atom stereocenters. The first-order valence-corrected chi connectivity index (χ1v) is 19.9. The standard InChI is InChI=1S/C45H71N3O5/c1-42(2,3)33-23-31(39(50)35(25-33)44(7,8)9)27-46-37-29-48(41(52)53-22-20-18-16-14-13-15-17-19-21-49)30-38(37)47-28-32-24-34(43(4,5)6)26-36(40(32)51)45(10,11)12/h23-28,37-38,49-51H,13-22,29-30H2,1-12H3/t37-,38-/m1/s1. The van der Waals surface area contributed by atoms with Crippen LogP contribution in [0.1, 0.15) is 168 Å². The third-order valence-corrected chi connectivity index (χ3v) is 10.2. The summed E-state index contributed by atoms with van der Waals surface area (Å²) in [6, 6.07) is 7.44. The lowest BCUT2D eigenvalue weighted by Crippen LogP contribution is -2.30. The molecule has 0 aliphatic carbocycles. The summed E-state index contributed by atoms with van der Waals surface area (Å²) in [6.45, 7) is 26.8. The summed E-state index contributed by atoms with van der Waals surface area (Å²) in [7, 11) is 0. The topological polar surface area (TPSA) is 115 Å². The Morgan fingerprint density at radius 2 is 1.02 bits per heavy atom. The predicted octanol–water partition coefficient (Wildman–Crippen LogP) is 10.1. The van der Waals surface area contributed by atoms with Crippen molar-refractivity contribution in [2.24, 2.45) is 9.98 Å². The second-order valence-electron chi connectivity index (χ2n) is 19.2. The summed E-state index contributed by atoms with van der Waals surface area (Å²) in [6.07, 6.45) is 11.5. The number of phenolic OH excluding ortho intramolecular Hbond substituents is 2. The van der Waals surface area contributed by atoms with Crippen LogP contribution in [0.4, 0.5) is 4.79 Å². The largest absolute Gasteiger partial charge is 0.507 e. The molecule has 1 saturated heterocycles. The Labute approximate surface area is 321 Å². The third-order valence-electron chi connectivity index (χ3n) is 10.2. The second kappa shape index (κ2) is 18.3. The molecule has 1 amide bonds. The van der Waals surface area contributed by atoms with Crippen molar-refractivity contribution in [2.45, 2.75) is 168 Å². The SMILES string of the molecule is CC(C)(C)c1cc(C=N[C@@H]2CN(C(=O)OCCCCCCCCCCO)C[C@H]2N=Cc2cc(C(C)(C)C)cc(C(C)(C)C)c2O)c(O)c(C(C)(C)C)c1. The molecular formula is C45H71N3O5. The Kier molecular flexibility index (Phi) is 15.2. The smallest absolute Gasteiger partial charge is 0.409 e. The van der Waals surface area contributed by atoms with Crippen molar-refractivity contribution in [1.29, 1.82) is 0 Å². The van der Waals surface area contributed by atoms with Crippen LogP contribution in [-0.2, 0) is 26.4 Å². The van der Waals surface area contributed by atoms with E-state index in [1.807, 2.05) is 12.1 Å². The van der Waals surface area contributed by atoms with E-state index in [4.69, 9.17) is 19.8 Å². The number of nitrogens with zero attached hydrogens (tertiary/aromatic N) is 3. The molecule has 0 bridgehead atoms. The van der Waals surface area contributed by atoms with E-state index in [1.165, 1.54) is 6.42 Å². The van der Waals surface area contributed by atoms with Gasteiger partial charge in [0.05, 0.1) is 18.7 Å². The molecule has 8 nitrogen and oxygen atoms in total. The van der Waals surface area contributed by atoms with Gasteiger partial charge in [0, 0.05) is 54.4 Å². The van der Waals surface area contributed by atoms with Gasteiger partial charge in [-0.05, 0) is 57.8 Å². The van der Waals surface area contributed by atoms with Crippen LogP contribution in [0.25, 0.3) is 0 Å². The number of carbonyl (C=O) groups excluding carboxylic acids is 1. The number of hydrogen-bond donors (Lipinski definition) is 3. The summed E-state index contributed by atoms with van der Waals surface area (Å²) in [5, 5.41) is 31.8. The number of ether oxygens (including phenoxy) is 1. The van der Waals surface area contributed by atoms with Gasteiger partial charge in [-0.3, -0.25) is 9.98 Å². The predicted molar refractivity (Wildman–Crippen MR) is 221 cm³/mol. The van der Waals surface area contributed by atoms with E-state index in [0.717, 1.165) is 67.2 Å². The summed E-state index contributed by atoms with van der Waals surface area (Å²) in [5.74, 6) is 0.430. The monoisotopic (exact) mass is 734 g/mol. The van der Waals surface area contributed by atoms with Crippen LogP contribution in [0.5, 0.6) is 11.5 Å². The van der Waals surface area contributed by atoms with Gasteiger partial charge in [0.15, 0.2) is 0 Å². The molecule has 0 radical (unpaired) electrons. The number of benzene rings is 2. The lowest BCUT2D eigenvalue weighted by molar-refractivity contribution is 0.108. The maximum atomic E-state index is 13.3. The molecule has 1 aliphatic rings. The molecule has 1 heterocycles. The number of rotatable bonds is 14. The molecular weight excluding hydrogens is 663 g/mol. The average molecular weight is 734 g/mol. The van der Waals surface area contributed by atoms with Gasteiger partial charge >= 0.3 is 6.09 Å². The van der Waals surface area contributed by atoms with Gasteiger partial charge in [-0.15, -0.1) is 0 Å². The zero-order chi connectivity index (χ0) is 39.8. The van der Waals surface area contributed by atoms with Crippen LogP contribution in [0.15, 0.2) is 34.3 Å². The van der Waals surface area contributed by atoms with E-state index >= 15 is 0 Å². The number of aliphatic hydroxyl groups is 1. The van der Waals surface area contributed by atoms with Gasteiger partial charge < -0.3 is 25.0 Å². The molecule has 0 unspecified atom stereocenters. The molecule has 2 aromatic rings. The lowest BCUT2D eigenvalue weighted by Gasteiger charge is -2.27. The first kappa shape index (κ1) is 44.0. The Morgan fingerprint density at radius 3 is 1.38 bits per heavy atom. The zero-order valence-corrected chi connectivity index (χ0v) is 35.1. The fourth-order valence-electron chi connectivity index (χ4n) is 6.61. The normalized spacial score (nSPS) is 17.4. The van der Waals surface area contributed by atoms with E-state index < -0.39 is 0 Å². The van der Waals surface area contributed by atoms with Gasteiger partial charge in [-0.1, -0.05) is 134 Å². The first-order chi connectivity index (χ1) is 24.5. The van der Waals surface area contributed by atoms with E-state index in [9.17, 15) is 15.0 Å². The molecule has 1 aliphatic heterocycles. The third kappa shape index (κ3) is 12.9. The molecule has 0 aromatic heterocycles. The quantitative estimate of drug-likeness (QED) is 0.132. The van der Waals surface area contributed by atoms with Crippen LogP contribution in [0.2, 0.25) is 0 Å². The van der Waals surface area contributed by atoms with Crippen LogP contribution >= 0.6 is 0 Å². The van der Waals surface area contributed by atoms with Crippen LogP contribution in [0.3, 0.4) is 0 Å². The number of carbonyl (C=O) groups is 1. The van der Waals surface area contributed by atoms with Crippen molar-refractivity contribution in [3.8, 4) is 11.5 Å². The fraction of sp³-hybridized carbons (Fsp3) is 0.667. The van der Waals surface area contributed by atoms with Gasteiger partial charge in [-0.2, -0.15) is 0 Å². The summed E-state index contributed by atoms with van der Waals surface area (Å²) in [4.78, 5) is 25.0. The number of aliphatic imine (C=N–C) groups is 2. The number of likely N-dealkylation sites (tertiary alicyclic amines) is 1. The molecule has 296 valence electrons. The average Bonchev–Trinajstić information content (AvgIpc) is 3.45. The highest BCUT2D eigenvalue weighted by Crippen LogP contribution is 2.39. The van der Waals surface area contributed by atoms with Crippen molar-refractivity contribution in [2.75, 3.05) is 26.3 Å². The van der Waals surface area contributed by atoms with Crippen LogP contribution < -0.4 is 0 Å². The molecule has 3 N–H and O–H groups in total. The number of unbranched alkanes of at least 4 members (excludes halogenated alkanes) is 7. The summed E-state index contributed by atoms with van der Waals surface area (Å²) >= 11 is 0. The van der Waals surface area contributed by atoms with Crippen molar-refractivity contribution in [3.63, 3.8) is 0 Å². The van der Waals surface area contributed by atoms with Gasteiger partial charge in [0.25, 0.3) is 0 Å². The Bertz CT molecular complexity index is 1470. The maximum absolute atomic E-state index is 13.3. The van der Waals surface area contributed by atoms with Gasteiger partial charge in [0.1, 0.15) is 11.5 Å². The number of phenols is 2. The van der Waals surface area contributed by atoms with Crippen molar-refractivity contribution >= 4 is 18.5 Å². The van der Waals surface area contributed by atoms with Crippen molar-refractivity contribution in [1.82, 2.24) is 4.90 Å². The highest BCUT2D eigenvalue weighted by Gasteiger charge is 2.36. The maximum Gasteiger partial charge on any atom is 0.409 e. The first-order valence-electron chi connectivity index (χ1n) is 19.9. The molecule has 1 fully saturated rings. The molecule has 8 heteroatoms. The van der Waals surface area contributed by atoms with Crippen molar-refractivity contribution < 1.29 is 24.9 Å². The summed E-state index contributed by atoms with van der Waals surface area (Å²) < 4.78 is 5.73. The number of aliphatic hydroxyl groups excluding tert-OH is 1. The minimum Gasteiger partial charge on any atom is -0.507 e. The minimum atomic E-state index is -0.379. The Hall–Kier alpha value is -3.39. The van der Waals surface area contributed by atoms with E-state index in [0.29, 0.717) is 30.8 Å². The van der Waals surface area contributed by atoms with E-state index in [1.54, 1.807) is 17.3 Å². The van der Waals surface area contributed by atoms with E-state index in [-0.39, 0.29) is 57.9 Å². The molecule has 3 rings (SSSR count). The fourth-order valence-corrected chi connectivity index (χ4v) is 6.61. The summed E-state index contributed by atoms with van der Waals surface area (Å²) in [5.41, 5.74) is 4.42. The molecule has 0 saturated carbocycles. The van der Waals surface area contributed by atoms with E-state index in [2.05, 4.69) is 95.2 Å². The Balaban J connectivity index is 1.90. The van der Waals surface area contributed by atoms with Gasteiger partial charge in [0.2, 0.25) is 0 Å². The number of aromatic hydroxyl groups is 2. The van der Waals surface area contributed by atoms with Gasteiger partial charge in [-0.25, -0.2) is 4.79 Å².